The molecule has 4 nitrogen and oxygen atoms in total. The van der Waals surface area contributed by atoms with Crippen LogP contribution in [0, 0.1) is 0 Å². The molecular formula is C19H18N2O2. The SMILES string of the molecule is CC(=NCc1ccccc1)c1c(O)c2ccccc2n(C)c1=O. The zero-order chi connectivity index (χ0) is 16.4. The number of benzene rings is 2. The minimum Gasteiger partial charge on any atom is -0.506 e. The van der Waals surface area contributed by atoms with Crippen LogP contribution in [0.2, 0.25) is 0 Å². The van der Waals surface area contributed by atoms with E-state index in [0.29, 0.717) is 23.2 Å². The summed E-state index contributed by atoms with van der Waals surface area (Å²) in [5.74, 6) is -0.00184. The van der Waals surface area contributed by atoms with Gasteiger partial charge in [0.1, 0.15) is 11.3 Å². The van der Waals surface area contributed by atoms with Gasteiger partial charge in [-0.05, 0) is 24.6 Å². The van der Waals surface area contributed by atoms with E-state index in [1.165, 1.54) is 0 Å². The van der Waals surface area contributed by atoms with Crippen LogP contribution in [-0.2, 0) is 13.6 Å². The molecular weight excluding hydrogens is 288 g/mol. The van der Waals surface area contributed by atoms with E-state index in [1.54, 1.807) is 24.6 Å². The van der Waals surface area contributed by atoms with E-state index in [2.05, 4.69) is 4.99 Å². The lowest BCUT2D eigenvalue weighted by Gasteiger charge is -2.11. The lowest BCUT2D eigenvalue weighted by atomic mass is 10.1. The molecule has 23 heavy (non-hydrogen) atoms. The molecule has 2 aromatic carbocycles. The predicted molar refractivity (Wildman–Crippen MR) is 93.2 cm³/mol. The minimum absolute atomic E-state index is 0.00184. The maximum Gasteiger partial charge on any atom is 0.263 e. The molecule has 3 rings (SSSR count). The van der Waals surface area contributed by atoms with Crippen LogP contribution in [0.1, 0.15) is 18.1 Å². The van der Waals surface area contributed by atoms with Gasteiger partial charge in [-0.1, -0.05) is 42.5 Å². The van der Waals surface area contributed by atoms with E-state index in [0.717, 1.165) is 5.56 Å². The Morgan fingerprint density at radius 1 is 1.09 bits per heavy atom. The number of pyridine rings is 1. The van der Waals surface area contributed by atoms with Gasteiger partial charge in [0.15, 0.2) is 0 Å². The predicted octanol–water partition coefficient (Wildman–Crippen LogP) is 3.25. The van der Waals surface area contributed by atoms with Crippen LogP contribution >= 0.6 is 0 Å². The number of hydrogen-bond donors (Lipinski definition) is 1. The quantitative estimate of drug-likeness (QED) is 0.755. The van der Waals surface area contributed by atoms with Crippen molar-refractivity contribution in [3.8, 4) is 5.75 Å². The van der Waals surface area contributed by atoms with Gasteiger partial charge < -0.3 is 9.67 Å². The third-order valence-corrected chi connectivity index (χ3v) is 3.98. The molecule has 0 aliphatic rings. The molecule has 1 heterocycles. The molecule has 0 saturated heterocycles. The molecule has 0 aliphatic heterocycles. The second-order valence-electron chi connectivity index (χ2n) is 5.49. The summed E-state index contributed by atoms with van der Waals surface area (Å²) in [5.41, 5.74) is 2.33. The Labute approximate surface area is 134 Å². The largest absolute Gasteiger partial charge is 0.506 e. The van der Waals surface area contributed by atoms with Gasteiger partial charge in [0.2, 0.25) is 0 Å². The van der Waals surface area contributed by atoms with E-state index in [1.807, 2.05) is 48.5 Å². The van der Waals surface area contributed by atoms with Crippen molar-refractivity contribution in [3.63, 3.8) is 0 Å². The molecule has 3 aromatic rings. The van der Waals surface area contributed by atoms with Crippen LogP contribution in [0.15, 0.2) is 64.4 Å². The Balaban J connectivity index is 2.10. The van der Waals surface area contributed by atoms with Gasteiger partial charge in [-0.25, -0.2) is 0 Å². The molecule has 0 saturated carbocycles. The molecule has 4 heteroatoms. The zero-order valence-corrected chi connectivity index (χ0v) is 13.2. The molecule has 1 N–H and O–H groups in total. The van der Waals surface area contributed by atoms with E-state index < -0.39 is 0 Å². The Bertz CT molecular complexity index is 941. The molecule has 0 fully saturated rings. The average Bonchev–Trinajstić information content (AvgIpc) is 2.59. The Hall–Kier alpha value is -2.88. The minimum atomic E-state index is -0.240. The van der Waals surface area contributed by atoms with Gasteiger partial charge >= 0.3 is 0 Å². The van der Waals surface area contributed by atoms with Gasteiger partial charge in [-0.15, -0.1) is 0 Å². The third kappa shape index (κ3) is 2.75. The summed E-state index contributed by atoms with van der Waals surface area (Å²) in [7, 11) is 1.71. The highest BCUT2D eigenvalue weighted by Gasteiger charge is 2.16. The number of aryl methyl sites for hydroxylation is 1. The highest BCUT2D eigenvalue weighted by atomic mass is 16.3. The topological polar surface area (TPSA) is 54.6 Å². The number of aliphatic imine (C=N–C) groups is 1. The van der Waals surface area contributed by atoms with Crippen LogP contribution in [0.25, 0.3) is 10.9 Å². The fraction of sp³-hybridized carbons (Fsp3) is 0.158. The first kappa shape index (κ1) is 15.0. The standard InChI is InChI=1S/C19H18N2O2/c1-13(20-12-14-8-4-3-5-9-14)17-18(22)15-10-6-7-11-16(15)21(2)19(17)23/h3-11,22H,12H2,1-2H3. The van der Waals surface area contributed by atoms with Gasteiger partial charge in [0.25, 0.3) is 5.56 Å². The number of para-hydroxylation sites is 1. The highest BCUT2D eigenvalue weighted by Crippen LogP contribution is 2.26. The fourth-order valence-electron chi connectivity index (χ4n) is 2.68. The van der Waals surface area contributed by atoms with Gasteiger partial charge in [-0.3, -0.25) is 9.79 Å². The van der Waals surface area contributed by atoms with E-state index in [9.17, 15) is 9.90 Å². The van der Waals surface area contributed by atoms with Crippen molar-refractivity contribution in [2.75, 3.05) is 0 Å². The Morgan fingerprint density at radius 3 is 2.48 bits per heavy atom. The summed E-state index contributed by atoms with van der Waals surface area (Å²) in [6.45, 7) is 2.23. The second-order valence-corrected chi connectivity index (χ2v) is 5.49. The first-order valence-electron chi connectivity index (χ1n) is 7.45. The molecule has 0 atom stereocenters. The maximum absolute atomic E-state index is 12.6. The number of fused-ring (bicyclic) bond motifs is 1. The van der Waals surface area contributed by atoms with E-state index in [4.69, 9.17) is 0 Å². The van der Waals surface area contributed by atoms with Gasteiger partial charge in [0.05, 0.1) is 12.1 Å². The van der Waals surface area contributed by atoms with Crippen molar-refractivity contribution in [2.45, 2.75) is 13.5 Å². The summed E-state index contributed by atoms with van der Waals surface area (Å²) in [6.07, 6.45) is 0. The fourth-order valence-corrected chi connectivity index (χ4v) is 2.68. The highest BCUT2D eigenvalue weighted by molar-refractivity contribution is 6.05. The number of nitrogens with zero attached hydrogens (tertiary/aromatic N) is 2. The van der Waals surface area contributed by atoms with Crippen LogP contribution in [0.3, 0.4) is 0 Å². The van der Waals surface area contributed by atoms with Crippen molar-refractivity contribution in [2.24, 2.45) is 12.0 Å². The summed E-state index contributed by atoms with van der Waals surface area (Å²) in [5, 5.41) is 11.2. The smallest absolute Gasteiger partial charge is 0.263 e. The Morgan fingerprint density at radius 2 is 1.74 bits per heavy atom. The number of rotatable bonds is 3. The van der Waals surface area contributed by atoms with Crippen molar-refractivity contribution in [3.05, 3.63) is 76.1 Å². The first-order chi connectivity index (χ1) is 11.1. The first-order valence-corrected chi connectivity index (χ1v) is 7.45. The average molecular weight is 306 g/mol. The third-order valence-electron chi connectivity index (χ3n) is 3.98. The monoisotopic (exact) mass is 306 g/mol. The van der Waals surface area contributed by atoms with Crippen LogP contribution in [0.4, 0.5) is 0 Å². The van der Waals surface area contributed by atoms with E-state index >= 15 is 0 Å². The van der Waals surface area contributed by atoms with Crippen molar-refractivity contribution >= 4 is 16.6 Å². The second kappa shape index (κ2) is 6.08. The summed E-state index contributed by atoms with van der Waals surface area (Å²) in [4.78, 5) is 17.1. The summed E-state index contributed by atoms with van der Waals surface area (Å²) < 4.78 is 1.55. The number of aromatic nitrogens is 1. The summed E-state index contributed by atoms with van der Waals surface area (Å²) in [6, 6.07) is 17.1. The molecule has 0 unspecified atom stereocenters. The zero-order valence-electron chi connectivity index (χ0n) is 13.2. The lowest BCUT2D eigenvalue weighted by Crippen LogP contribution is -2.24. The Kier molecular flexibility index (Phi) is 3.98. The lowest BCUT2D eigenvalue weighted by molar-refractivity contribution is 0.478. The van der Waals surface area contributed by atoms with Gasteiger partial charge in [-0.2, -0.15) is 0 Å². The molecule has 116 valence electrons. The normalized spacial score (nSPS) is 11.8. The molecule has 0 aliphatic carbocycles. The van der Waals surface area contributed by atoms with E-state index in [-0.39, 0.29) is 16.9 Å². The molecule has 0 radical (unpaired) electrons. The van der Waals surface area contributed by atoms with Crippen molar-refractivity contribution < 1.29 is 5.11 Å². The van der Waals surface area contributed by atoms with Crippen LogP contribution < -0.4 is 5.56 Å². The summed E-state index contributed by atoms with van der Waals surface area (Å²) >= 11 is 0. The van der Waals surface area contributed by atoms with Crippen LogP contribution in [0.5, 0.6) is 5.75 Å². The maximum atomic E-state index is 12.6. The van der Waals surface area contributed by atoms with Crippen molar-refractivity contribution in [1.82, 2.24) is 4.57 Å². The molecule has 0 bridgehead atoms. The number of aromatic hydroxyl groups is 1. The van der Waals surface area contributed by atoms with Crippen LogP contribution in [-0.4, -0.2) is 15.4 Å². The van der Waals surface area contributed by atoms with Gasteiger partial charge in [0, 0.05) is 18.1 Å². The van der Waals surface area contributed by atoms with Crippen molar-refractivity contribution in [1.29, 1.82) is 0 Å². The molecule has 0 spiro atoms. The molecule has 1 aromatic heterocycles. The number of hydrogen-bond acceptors (Lipinski definition) is 3. The molecule has 0 amide bonds.